The van der Waals surface area contributed by atoms with Crippen LogP contribution >= 0.6 is 0 Å². The molecule has 2 aliphatic heterocycles. The van der Waals surface area contributed by atoms with E-state index in [1.807, 2.05) is 0 Å². The molecule has 240 valence electrons. The number of piperazine rings is 1. The van der Waals surface area contributed by atoms with Gasteiger partial charge in [0.05, 0.1) is 11.9 Å². The normalized spacial score (nSPS) is 27.8. The van der Waals surface area contributed by atoms with Gasteiger partial charge in [-0.3, -0.25) is 4.79 Å². The summed E-state index contributed by atoms with van der Waals surface area (Å²) in [6.07, 6.45) is 1.97. The van der Waals surface area contributed by atoms with Crippen molar-refractivity contribution < 1.29 is 37.0 Å². The van der Waals surface area contributed by atoms with Gasteiger partial charge in [-0.25, -0.2) is 22.0 Å². The van der Waals surface area contributed by atoms with Gasteiger partial charge in [0.15, 0.2) is 0 Å². The molecule has 1 unspecified atom stereocenters. The van der Waals surface area contributed by atoms with Crippen molar-refractivity contribution in [3.05, 3.63) is 65.2 Å². The number of benzene rings is 2. The molecule has 5 atom stereocenters. The number of sulfonamides is 1. The van der Waals surface area contributed by atoms with E-state index in [1.54, 1.807) is 0 Å². The molecule has 2 aromatic carbocycles. The van der Waals surface area contributed by atoms with Gasteiger partial charge in [-0.05, 0) is 87.1 Å². The molecule has 2 heterocycles. The molecular formula is C31H40F2N4O6S. The van der Waals surface area contributed by atoms with Crippen LogP contribution in [0.1, 0.15) is 62.0 Å². The second-order valence-electron chi connectivity index (χ2n) is 12.2. The molecule has 3 aliphatic rings. The summed E-state index contributed by atoms with van der Waals surface area (Å²) in [5.41, 5.74) is 0.941. The number of aliphatic hydroxyl groups is 1. The number of amides is 2. The van der Waals surface area contributed by atoms with Crippen molar-refractivity contribution in [3.63, 3.8) is 0 Å². The summed E-state index contributed by atoms with van der Waals surface area (Å²) in [6, 6.07) is 8.25. The number of carbonyl (C=O) groups is 2. The van der Waals surface area contributed by atoms with Gasteiger partial charge in [0.2, 0.25) is 15.9 Å². The largest absolute Gasteiger partial charge is 0.465 e. The van der Waals surface area contributed by atoms with Gasteiger partial charge in [0.25, 0.3) is 0 Å². The fraction of sp³-hybridized carbons (Fsp3) is 0.548. The fourth-order valence-electron chi connectivity index (χ4n) is 7.03. The smallest absolute Gasteiger partial charge is 0.405 e. The molecule has 10 nitrogen and oxygen atoms in total. The van der Waals surface area contributed by atoms with Gasteiger partial charge in [-0.2, -0.15) is 4.31 Å². The second kappa shape index (κ2) is 13.9. The van der Waals surface area contributed by atoms with E-state index < -0.39 is 51.7 Å². The van der Waals surface area contributed by atoms with Crippen LogP contribution in [0.2, 0.25) is 0 Å². The van der Waals surface area contributed by atoms with Crippen molar-refractivity contribution in [2.45, 2.75) is 81.5 Å². The number of nitrogens with one attached hydrogen (secondary N) is 3. The van der Waals surface area contributed by atoms with Crippen LogP contribution in [0.4, 0.5) is 19.3 Å². The van der Waals surface area contributed by atoms with Crippen LogP contribution in [0, 0.1) is 17.6 Å². The van der Waals surface area contributed by atoms with Crippen LogP contribution in [0.15, 0.2) is 42.5 Å². The molecule has 2 bridgehead atoms. The molecule has 3 fully saturated rings. The Labute approximate surface area is 256 Å². The summed E-state index contributed by atoms with van der Waals surface area (Å²) < 4.78 is 56.4. The Hall–Kier alpha value is -3.13. The lowest BCUT2D eigenvalue weighted by Crippen LogP contribution is -2.57. The molecule has 2 aromatic rings. The van der Waals surface area contributed by atoms with E-state index >= 15 is 4.39 Å². The summed E-state index contributed by atoms with van der Waals surface area (Å²) in [6.45, 7) is 0.819. The molecule has 0 radical (unpaired) electrons. The van der Waals surface area contributed by atoms with Crippen LogP contribution in [-0.4, -0.2) is 78.0 Å². The summed E-state index contributed by atoms with van der Waals surface area (Å²) in [4.78, 5) is 25.8. The molecule has 5 rings (SSSR count). The number of rotatable bonds is 9. The Kier molecular flexibility index (Phi) is 10.2. The molecule has 44 heavy (non-hydrogen) atoms. The highest BCUT2D eigenvalue weighted by Gasteiger charge is 2.40. The second-order valence-corrected chi connectivity index (χ2v) is 14.2. The molecule has 13 heteroatoms. The van der Waals surface area contributed by atoms with E-state index in [4.69, 9.17) is 0 Å². The van der Waals surface area contributed by atoms with Gasteiger partial charge in [-0.15, -0.1) is 0 Å². The minimum atomic E-state index is -3.43. The van der Waals surface area contributed by atoms with E-state index in [1.165, 1.54) is 46.8 Å². The van der Waals surface area contributed by atoms with Crippen molar-refractivity contribution in [2.75, 3.05) is 24.2 Å². The molecule has 0 aromatic heterocycles. The summed E-state index contributed by atoms with van der Waals surface area (Å²) in [5.74, 6) is -2.52. The first-order valence-electron chi connectivity index (χ1n) is 15.3. The van der Waals surface area contributed by atoms with Gasteiger partial charge >= 0.3 is 6.09 Å². The number of fused-ring (bicyclic) bond motifs is 2. The van der Waals surface area contributed by atoms with Crippen LogP contribution in [0.25, 0.3) is 0 Å². The topological polar surface area (TPSA) is 148 Å². The van der Waals surface area contributed by atoms with Crippen LogP contribution in [0.3, 0.4) is 0 Å². The molecular weight excluding hydrogens is 594 g/mol. The Morgan fingerprint density at radius 1 is 1.05 bits per heavy atom. The number of hydrogen-bond acceptors (Lipinski definition) is 6. The number of nitrogens with zero attached hydrogens (tertiary/aromatic N) is 1. The van der Waals surface area contributed by atoms with Gasteiger partial charge in [0, 0.05) is 42.3 Å². The Morgan fingerprint density at radius 3 is 2.48 bits per heavy atom. The highest BCUT2D eigenvalue weighted by Crippen LogP contribution is 2.39. The summed E-state index contributed by atoms with van der Waals surface area (Å²) >= 11 is 0. The Bertz CT molecular complexity index is 1440. The maximum Gasteiger partial charge on any atom is 0.405 e. The Balaban J connectivity index is 1.39. The first-order chi connectivity index (χ1) is 21.0. The lowest BCUT2D eigenvalue weighted by atomic mass is 9.72. The molecule has 2 amide bonds. The molecule has 2 saturated heterocycles. The van der Waals surface area contributed by atoms with E-state index in [9.17, 15) is 32.6 Å². The average Bonchev–Trinajstić information content (AvgIpc) is 3.10. The minimum Gasteiger partial charge on any atom is -0.465 e. The van der Waals surface area contributed by atoms with Crippen LogP contribution in [0.5, 0.6) is 0 Å². The zero-order valence-corrected chi connectivity index (χ0v) is 25.2. The average molecular weight is 635 g/mol. The van der Waals surface area contributed by atoms with Gasteiger partial charge in [0.1, 0.15) is 17.7 Å². The summed E-state index contributed by atoms with van der Waals surface area (Å²) in [5, 5.41) is 28.3. The van der Waals surface area contributed by atoms with Crippen molar-refractivity contribution in [3.8, 4) is 0 Å². The fourth-order valence-corrected chi connectivity index (χ4v) is 8.84. The van der Waals surface area contributed by atoms with Crippen molar-refractivity contribution in [1.82, 2.24) is 14.9 Å². The van der Waals surface area contributed by atoms with Crippen molar-refractivity contribution in [1.29, 1.82) is 0 Å². The monoisotopic (exact) mass is 634 g/mol. The third-order valence-corrected chi connectivity index (χ3v) is 11.3. The highest BCUT2D eigenvalue weighted by molar-refractivity contribution is 7.89. The molecule has 5 N–H and O–H groups in total. The first kappa shape index (κ1) is 32.3. The highest BCUT2D eigenvalue weighted by atomic mass is 32.2. The molecule has 1 aliphatic carbocycles. The zero-order chi connectivity index (χ0) is 31.4. The predicted molar refractivity (Wildman–Crippen MR) is 161 cm³/mol. The number of carbonyl (C=O) groups excluding carboxylic acids is 1. The van der Waals surface area contributed by atoms with Gasteiger partial charge < -0.3 is 26.2 Å². The van der Waals surface area contributed by atoms with E-state index in [-0.39, 0.29) is 41.4 Å². The SMILES string of the molecule is O=C(O)N[C@H](C(=O)Nc1cccc(F)c1CC[C@H]1CN[C@@H]2CCCS(=O)(=O)N1C2)[C@@H](c1ccc(F)cc1)C1CCC(O)CC1. The number of halogens is 2. The van der Waals surface area contributed by atoms with Crippen molar-refractivity contribution in [2.24, 2.45) is 5.92 Å². The van der Waals surface area contributed by atoms with Crippen LogP contribution < -0.4 is 16.0 Å². The third-order valence-electron chi connectivity index (χ3n) is 9.29. The maximum atomic E-state index is 15.3. The first-order valence-corrected chi connectivity index (χ1v) is 16.9. The predicted octanol–water partition coefficient (Wildman–Crippen LogP) is 3.57. The standard InChI is InChI=1S/C31H40F2N4O6S/c32-21-10-6-19(7-11-21)28(20-8-13-24(38)14-9-20)29(36-31(40)41)30(39)35-27-5-1-4-26(33)25(27)15-12-23-17-34-22-3-2-16-44(42,43)37(23)18-22/h1,4-7,10-11,20,22-24,28-29,34,36,38H,2-3,8-9,12-18H2,(H,35,39)(H,40,41)/t20?,22-,23+,24?,28+,29+/m1/s1. The zero-order valence-electron chi connectivity index (χ0n) is 24.4. The number of anilines is 1. The van der Waals surface area contributed by atoms with Crippen LogP contribution in [-0.2, 0) is 21.2 Å². The maximum absolute atomic E-state index is 15.3. The molecule has 0 spiro atoms. The number of carboxylic acid groups (broad SMARTS) is 1. The van der Waals surface area contributed by atoms with E-state index in [0.717, 1.165) is 6.42 Å². The van der Waals surface area contributed by atoms with E-state index in [2.05, 4.69) is 16.0 Å². The quantitative estimate of drug-likeness (QED) is 0.283. The molecule has 1 saturated carbocycles. The lowest BCUT2D eigenvalue weighted by molar-refractivity contribution is -0.119. The van der Waals surface area contributed by atoms with E-state index in [0.29, 0.717) is 57.2 Å². The van der Waals surface area contributed by atoms with Gasteiger partial charge in [-0.1, -0.05) is 18.2 Å². The lowest BCUT2D eigenvalue weighted by Gasteiger charge is -2.37. The Morgan fingerprint density at radius 2 is 1.77 bits per heavy atom. The summed E-state index contributed by atoms with van der Waals surface area (Å²) in [7, 11) is -3.43. The number of aliphatic hydroxyl groups excluding tert-OH is 1. The van der Waals surface area contributed by atoms with Crippen molar-refractivity contribution >= 4 is 27.7 Å². The third kappa shape index (κ3) is 7.56. The number of hydrogen-bond donors (Lipinski definition) is 5. The minimum absolute atomic E-state index is 0.0792.